The van der Waals surface area contributed by atoms with Crippen LogP contribution in [0.4, 0.5) is 0 Å². The number of aliphatic hydroxyl groups is 1. The summed E-state index contributed by atoms with van der Waals surface area (Å²) in [7, 11) is 0. The molecule has 0 saturated carbocycles. The highest BCUT2D eigenvalue weighted by atomic mass is 16.5. The van der Waals surface area contributed by atoms with Crippen molar-refractivity contribution in [2.24, 2.45) is 0 Å². The number of allylic oxidation sites excluding steroid dienone is 1. The van der Waals surface area contributed by atoms with Gasteiger partial charge in [0.05, 0.1) is 13.2 Å². The van der Waals surface area contributed by atoms with Gasteiger partial charge in [0.15, 0.2) is 0 Å². The Morgan fingerprint density at radius 2 is 1.74 bits per heavy atom. The number of nitrogens with two attached hydrogens (primary N) is 1. The molecule has 0 aliphatic rings. The quantitative estimate of drug-likeness (QED) is 0.490. The second-order valence-corrected chi connectivity index (χ2v) is 8.02. The van der Waals surface area contributed by atoms with Gasteiger partial charge >= 0.3 is 0 Å². The molecule has 0 fully saturated rings. The lowest BCUT2D eigenvalue weighted by Gasteiger charge is -2.21. The maximum Gasteiger partial charge on any atom is 0.128 e. The van der Waals surface area contributed by atoms with E-state index < -0.39 is 0 Å². The molecule has 2 aromatic rings. The van der Waals surface area contributed by atoms with E-state index in [1.165, 1.54) is 16.7 Å². The topological polar surface area (TPSA) is 46.1 Å². The molecule has 0 saturated heterocycles. The summed E-state index contributed by atoms with van der Waals surface area (Å²) in [6.45, 7) is 13.1. The number of unbranched alkanes of at least 4 members (excludes halogenated alkanes) is 1. The molecule has 0 atom stereocenters. The van der Waals surface area contributed by atoms with Crippen LogP contribution in [0.2, 0.25) is 0 Å². The molecule has 3 heteroatoms. The van der Waals surface area contributed by atoms with E-state index in [2.05, 4.69) is 63.0 Å². The smallest absolute Gasteiger partial charge is 0.128 e. The predicted molar refractivity (Wildman–Crippen MR) is 112 cm³/mol. The number of aliphatic hydroxyl groups excluding tert-OH is 1. The standard InChI is InChI=1S/C24H33NO2/c1-5-6-7-14-27-23-13-12-22(24(2,3)4)15-21(23)17-25-16-19-8-10-20(18-26)11-9-19/h5,8-13,15,25-26H,1,6-7,14,16-18H2,2-4H3/p+1. The summed E-state index contributed by atoms with van der Waals surface area (Å²) in [6, 6.07) is 14.7. The van der Waals surface area contributed by atoms with E-state index >= 15 is 0 Å². The Hall–Kier alpha value is -2.10. The highest BCUT2D eigenvalue weighted by molar-refractivity contribution is 5.39. The fourth-order valence-electron chi connectivity index (χ4n) is 2.93. The van der Waals surface area contributed by atoms with Crippen molar-refractivity contribution < 1.29 is 15.2 Å². The van der Waals surface area contributed by atoms with Crippen molar-refractivity contribution in [2.45, 2.75) is 58.7 Å². The van der Waals surface area contributed by atoms with Gasteiger partial charge in [-0.05, 0) is 41.5 Å². The number of hydrogen-bond donors (Lipinski definition) is 2. The number of hydrogen-bond acceptors (Lipinski definition) is 2. The van der Waals surface area contributed by atoms with Gasteiger partial charge in [-0.2, -0.15) is 0 Å². The Balaban J connectivity index is 2.04. The first-order valence-electron chi connectivity index (χ1n) is 9.81. The van der Waals surface area contributed by atoms with Crippen LogP contribution in [0, 0.1) is 0 Å². The van der Waals surface area contributed by atoms with Crippen molar-refractivity contribution >= 4 is 0 Å². The van der Waals surface area contributed by atoms with E-state index in [1.54, 1.807) is 0 Å². The number of rotatable bonds is 10. The first kappa shape index (κ1) is 21.2. The molecule has 2 rings (SSSR count). The second-order valence-electron chi connectivity index (χ2n) is 8.02. The molecule has 0 spiro atoms. The summed E-state index contributed by atoms with van der Waals surface area (Å²) < 4.78 is 6.04. The molecular formula is C24H34NO2+. The highest BCUT2D eigenvalue weighted by Crippen LogP contribution is 2.28. The molecule has 0 aliphatic heterocycles. The number of benzene rings is 2. The SMILES string of the molecule is C=CCCCOc1ccc(C(C)(C)C)cc1C[NH2+]Cc1ccc(CO)cc1. The molecule has 0 bridgehead atoms. The van der Waals surface area contributed by atoms with E-state index in [4.69, 9.17) is 9.84 Å². The van der Waals surface area contributed by atoms with E-state index in [-0.39, 0.29) is 12.0 Å². The fourth-order valence-corrected chi connectivity index (χ4v) is 2.93. The first-order chi connectivity index (χ1) is 12.9. The monoisotopic (exact) mass is 368 g/mol. The molecule has 2 aromatic carbocycles. The van der Waals surface area contributed by atoms with Gasteiger partial charge in [-0.1, -0.05) is 57.2 Å². The van der Waals surface area contributed by atoms with Gasteiger partial charge in [0, 0.05) is 11.1 Å². The zero-order valence-corrected chi connectivity index (χ0v) is 17.0. The maximum atomic E-state index is 9.15. The van der Waals surface area contributed by atoms with Crippen molar-refractivity contribution in [3.8, 4) is 5.75 Å². The maximum absolute atomic E-state index is 9.15. The third kappa shape index (κ3) is 6.85. The normalized spacial score (nSPS) is 11.4. The second kappa shape index (κ2) is 10.3. The Kier molecular flexibility index (Phi) is 8.08. The van der Waals surface area contributed by atoms with Crippen LogP contribution in [0.1, 0.15) is 55.9 Å². The lowest BCUT2D eigenvalue weighted by molar-refractivity contribution is -0.686. The van der Waals surface area contributed by atoms with E-state index in [0.29, 0.717) is 0 Å². The summed E-state index contributed by atoms with van der Waals surface area (Å²) in [4.78, 5) is 0. The summed E-state index contributed by atoms with van der Waals surface area (Å²) in [5, 5.41) is 11.5. The Morgan fingerprint density at radius 1 is 1.04 bits per heavy atom. The highest BCUT2D eigenvalue weighted by Gasteiger charge is 2.16. The van der Waals surface area contributed by atoms with Crippen LogP contribution in [0.25, 0.3) is 0 Å². The van der Waals surface area contributed by atoms with Crippen molar-refractivity contribution in [2.75, 3.05) is 6.61 Å². The van der Waals surface area contributed by atoms with E-state index in [9.17, 15) is 0 Å². The summed E-state index contributed by atoms with van der Waals surface area (Å²) in [6.07, 6.45) is 3.90. The molecule has 0 unspecified atom stereocenters. The molecule has 27 heavy (non-hydrogen) atoms. The average Bonchev–Trinajstić information content (AvgIpc) is 2.65. The lowest BCUT2D eigenvalue weighted by atomic mass is 9.86. The molecule has 146 valence electrons. The van der Waals surface area contributed by atoms with Gasteiger partial charge in [-0.15, -0.1) is 6.58 Å². The number of quaternary nitrogens is 1. The van der Waals surface area contributed by atoms with Crippen LogP contribution < -0.4 is 10.1 Å². The van der Waals surface area contributed by atoms with Crippen molar-refractivity contribution in [3.05, 3.63) is 77.4 Å². The summed E-state index contributed by atoms with van der Waals surface area (Å²) in [5.41, 5.74) is 4.90. The van der Waals surface area contributed by atoms with Gasteiger partial charge in [-0.3, -0.25) is 0 Å². The third-order valence-corrected chi connectivity index (χ3v) is 4.69. The van der Waals surface area contributed by atoms with Crippen molar-refractivity contribution in [1.82, 2.24) is 0 Å². The zero-order chi connectivity index (χ0) is 19.7. The van der Waals surface area contributed by atoms with Crippen molar-refractivity contribution in [3.63, 3.8) is 0 Å². The van der Waals surface area contributed by atoms with Gasteiger partial charge in [0.1, 0.15) is 18.8 Å². The number of ether oxygens (including phenoxy) is 1. The molecule has 0 aromatic heterocycles. The van der Waals surface area contributed by atoms with Gasteiger partial charge in [0.2, 0.25) is 0 Å². The van der Waals surface area contributed by atoms with Crippen LogP contribution in [0.15, 0.2) is 55.1 Å². The minimum Gasteiger partial charge on any atom is -0.493 e. The molecular weight excluding hydrogens is 334 g/mol. The fraction of sp³-hybridized carbons (Fsp3) is 0.417. The molecule has 3 nitrogen and oxygen atoms in total. The largest absolute Gasteiger partial charge is 0.493 e. The van der Waals surface area contributed by atoms with Gasteiger partial charge in [-0.25, -0.2) is 0 Å². The molecule has 3 N–H and O–H groups in total. The molecule has 0 amide bonds. The van der Waals surface area contributed by atoms with Crippen LogP contribution in [-0.2, 0) is 25.1 Å². The van der Waals surface area contributed by atoms with Gasteiger partial charge in [0.25, 0.3) is 0 Å². The molecule has 0 aliphatic carbocycles. The van der Waals surface area contributed by atoms with Crippen molar-refractivity contribution in [1.29, 1.82) is 0 Å². The lowest BCUT2D eigenvalue weighted by Crippen LogP contribution is -2.80. The Bertz CT molecular complexity index is 714. The zero-order valence-electron chi connectivity index (χ0n) is 17.0. The molecule has 0 heterocycles. The molecule has 0 radical (unpaired) electrons. The summed E-state index contributed by atoms with van der Waals surface area (Å²) in [5.74, 6) is 0.985. The van der Waals surface area contributed by atoms with E-state index in [0.717, 1.165) is 43.9 Å². The van der Waals surface area contributed by atoms with Crippen LogP contribution >= 0.6 is 0 Å². The van der Waals surface area contributed by atoms with Crippen LogP contribution in [-0.4, -0.2) is 11.7 Å². The van der Waals surface area contributed by atoms with Gasteiger partial charge < -0.3 is 15.2 Å². The van der Waals surface area contributed by atoms with Crippen LogP contribution in [0.5, 0.6) is 5.75 Å². The Morgan fingerprint density at radius 3 is 2.37 bits per heavy atom. The summed E-state index contributed by atoms with van der Waals surface area (Å²) >= 11 is 0. The van der Waals surface area contributed by atoms with E-state index in [1.807, 2.05) is 18.2 Å². The minimum absolute atomic E-state index is 0.0934. The third-order valence-electron chi connectivity index (χ3n) is 4.69. The predicted octanol–water partition coefficient (Wildman–Crippen LogP) is 4.09. The average molecular weight is 369 g/mol. The Labute approximate surface area is 164 Å². The van der Waals surface area contributed by atoms with Crippen LogP contribution in [0.3, 0.4) is 0 Å². The minimum atomic E-state index is 0.0934. The first-order valence-corrected chi connectivity index (χ1v) is 9.81.